The number of ether oxygens (including phenoxy) is 2. The van der Waals surface area contributed by atoms with E-state index < -0.39 is 17.2 Å². The van der Waals surface area contributed by atoms with Gasteiger partial charge in [0.25, 0.3) is 0 Å². The molecule has 2 fully saturated rings. The van der Waals surface area contributed by atoms with E-state index in [2.05, 4.69) is 49.2 Å². The Morgan fingerprint density at radius 1 is 0.918 bits per heavy atom. The molecule has 0 bridgehead atoms. The summed E-state index contributed by atoms with van der Waals surface area (Å²) in [7, 11) is 0. The molecule has 0 radical (unpaired) electrons. The smallest absolute Gasteiger partial charge is 0.350 e. The highest BCUT2D eigenvalue weighted by Crippen LogP contribution is 2.42. The van der Waals surface area contributed by atoms with E-state index in [0.29, 0.717) is 25.2 Å². The third-order valence-corrected chi connectivity index (χ3v) is 9.68. The summed E-state index contributed by atoms with van der Waals surface area (Å²) in [6, 6.07) is 19.8. The number of benzene rings is 3. The lowest BCUT2D eigenvalue weighted by Crippen LogP contribution is -2.46. The van der Waals surface area contributed by atoms with E-state index in [9.17, 15) is 13.6 Å². The van der Waals surface area contributed by atoms with E-state index >= 15 is 0 Å². The molecule has 0 saturated carbocycles. The minimum Gasteiger partial charge on any atom is -0.493 e. The highest BCUT2D eigenvalue weighted by atomic mass is 19.1. The van der Waals surface area contributed by atoms with Gasteiger partial charge in [-0.3, -0.25) is 0 Å². The van der Waals surface area contributed by atoms with E-state index in [0.717, 1.165) is 61.5 Å². The Bertz CT molecular complexity index is 1900. The highest BCUT2D eigenvalue weighted by molar-refractivity contribution is 5.54. The van der Waals surface area contributed by atoms with Gasteiger partial charge < -0.3 is 19.3 Å². The zero-order valence-electron chi connectivity index (χ0n) is 27.7. The molecule has 2 aromatic heterocycles. The molecule has 0 aliphatic carbocycles. The van der Waals surface area contributed by atoms with Crippen LogP contribution in [0.4, 0.5) is 20.2 Å². The lowest BCUT2D eigenvalue weighted by molar-refractivity contribution is -0.0206. The normalized spacial score (nSPS) is 20.1. The zero-order valence-corrected chi connectivity index (χ0v) is 27.7. The lowest BCUT2D eigenvalue weighted by atomic mass is 9.87. The fraction of sp³-hybridized carbons (Fsp3) is 0.389. The van der Waals surface area contributed by atoms with Crippen LogP contribution in [0.3, 0.4) is 0 Å². The predicted octanol–water partition coefficient (Wildman–Crippen LogP) is 5.21. The first-order chi connectivity index (χ1) is 23.8. The summed E-state index contributed by atoms with van der Waals surface area (Å²) in [6.45, 7) is 8.54. The molecule has 0 spiro atoms. The van der Waals surface area contributed by atoms with Gasteiger partial charge >= 0.3 is 5.69 Å². The van der Waals surface area contributed by atoms with Crippen LogP contribution in [0.1, 0.15) is 38.3 Å². The summed E-state index contributed by atoms with van der Waals surface area (Å²) in [4.78, 5) is 21.5. The second-order valence-electron chi connectivity index (χ2n) is 12.9. The summed E-state index contributed by atoms with van der Waals surface area (Å²) >= 11 is 0. The molecule has 13 heteroatoms. The van der Waals surface area contributed by atoms with Crippen molar-refractivity contribution in [2.75, 3.05) is 49.2 Å². The van der Waals surface area contributed by atoms with Crippen LogP contribution >= 0.6 is 0 Å². The highest BCUT2D eigenvalue weighted by Gasteiger charge is 2.44. The summed E-state index contributed by atoms with van der Waals surface area (Å²) in [5.74, 6) is -0.529. The van der Waals surface area contributed by atoms with Crippen LogP contribution in [0.25, 0.3) is 5.69 Å². The zero-order chi connectivity index (χ0) is 34.0. The second kappa shape index (κ2) is 13.8. The average Bonchev–Trinajstić information content (AvgIpc) is 3.88. The fourth-order valence-electron chi connectivity index (χ4n) is 6.77. The molecular weight excluding hydrogens is 630 g/mol. The van der Waals surface area contributed by atoms with Gasteiger partial charge in [-0.2, -0.15) is 10.2 Å². The first kappa shape index (κ1) is 32.5. The number of halogens is 2. The second-order valence-corrected chi connectivity index (χ2v) is 12.9. The Kier molecular flexibility index (Phi) is 9.17. The van der Waals surface area contributed by atoms with E-state index in [1.165, 1.54) is 23.1 Å². The summed E-state index contributed by atoms with van der Waals surface area (Å²) in [5.41, 5.74) is 2.22. The number of anilines is 2. The summed E-state index contributed by atoms with van der Waals surface area (Å²) in [6.07, 6.45) is 5.90. The van der Waals surface area contributed by atoms with Gasteiger partial charge in [0.05, 0.1) is 31.5 Å². The van der Waals surface area contributed by atoms with Crippen molar-refractivity contribution in [1.82, 2.24) is 29.1 Å². The number of nitrogens with zero attached hydrogens (tertiary/aromatic N) is 8. The first-order valence-corrected chi connectivity index (χ1v) is 16.7. The monoisotopic (exact) mass is 670 g/mol. The van der Waals surface area contributed by atoms with Gasteiger partial charge in [-0.1, -0.05) is 13.0 Å². The molecular formula is C36H40F2N8O3. The molecule has 3 aromatic carbocycles. The van der Waals surface area contributed by atoms with Crippen LogP contribution in [0.5, 0.6) is 5.75 Å². The van der Waals surface area contributed by atoms with Crippen LogP contribution in [-0.4, -0.2) is 68.5 Å². The molecule has 2 aliphatic heterocycles. The van der Waals surface area contributed by atoms with Crippen molar-refractivity contribution in [3.63, 3.8) is 0 Å². The Balaban J connectivity index is 0.925. The molecule has 7 rings (SSSR count). The molecule has 2 aliphatic rings. The molecule has 3 atom stereocenters. The van der Waals surface area contributed by atoms with Gasteiger partial charge in [0.2, 0.25) is 0 Å². The fourth-order valence-corrected chi connectivity index (χ4v) is 6.77. The van der Waals surface area contributed by atoms with Gasteiger partial charge in [0, 0.05) is 55.1 Å². The molecule has 0 N–H and O–H groups in total. The van der Waals surface area contributed by atoms with Crippen LogP contribution in [0.15, 0.2) is 90.5 Å². The average molecular weight is 671 g/mol. The number of piperazine rings is 1. The SMILES string of the molecule is CCC(C)n1ncn(-c2ccc(N3CCN(c4ccc(OCC5CO[C@](Cn6cncn6)(c6ccc(F)cc6F)C5)cc4)CC3)cc2)c1=O. The topological polar surface area (TPSA) is 95.5 Å². The molecule has 5 aromatic rings. The van der Waals surface area contributed by atoms with Crippen molar-refractivity contribution < 1.29 is 18.3 Å². The van der Waals surface area contributed by atoms with Crippen molar-refractivity contribution in [2.24, 2.45) is 5.92 Å². The first-order valence-electron chi connectivity index (χ1n) is 16.7. The summed E-state index contributed by atoms with van der Waals surface area (Å²) < 4.78 is 45.8. The Labute approximate surface area is 283 Å². The maximum atomic E-state index is 15.0. The molecule has 2 unspecified atom stereocenters. The van der Waals surface area contributed by atoms with Gasteiger partial charge in [-0.15, -0.1) is 0 Å². The number of rotatable bonds is 11. The van der Waals surface area contributed by atoms with Crippen LogP contribution in [0, 0.1) is 17.6 Å². The van der Waals surface area contributed by atoms with E-state index in [1.807, 2.05) is 38.1 Å². The molecule has 0 amide bonds. The quantitative estimate of drug-likeness (QED) is 0.189. The van der Waals surface area contributed by atoms with Crippen LogP contribution < -0.4 is 20.2 Å². The van der Waals surface area contributed by atoms with Crippen molar-refractivity contribution in [2.45, 2.75) is 44.9 Å². The standard InChI is InChI=1S/C36H40F2N8O3/c1-3-26(2)46-35(47)45(25-41-46)31-7-5-29(6-8-31)42-14-16-43(17-15-42)30-9-11-32(12-10-30)48-20-27-19-36(49-21-27,22-44-24-39-23-40-44)33-13-4-28(37)18-34(33)38/h4-13,18,23-27H,3,14-17,19-22H2,1-2H3/t26?,27?,36-/m1/s1. The molecule has 11 nitrogen and oxygen atoms in total. The Morgan fingerprint density at radius 3 is 2.22 bits per heavy atom. The molecule has 49 heavy (non-hydrogen) atoms. The van der Waals surface area contributed by atoms with Gasteiger partial charge in [-0.25, -0.2) is 32.5 Å². The van der Waals surface area contributed by atoms with E-state index in [1.54, 1.807) is 21.9 Å². The minimum atomic E-state index is -1.01. The molecule has 256 valence electrons. The van der Waals surface area contributed by atoms with Gasteiger partial charge in [-0.05, 0) is 74.4 Å². The lowest BCUT2D eigenvalue weighted by Gasteiger charge is -2.37. The molecule has 4 heterocycles. The van der Waals surface area contributed by atoms with E-state index in [-0.39, 0.29) is 24.2 Å². The third kappa shape index (κ3) is 6.80. The van der Waals surface area contributed by atoms with E-state index in [4.69, 9.17) is 9.47 Å². The maximum Gasteiger partial charge on any atom is 0.350 e. The van der Waals surface area contributed by atoms with Crippen molar-refractivity contribution >= 4 is 11.4 Å². The van der Waals surface area contributed by atoms with Crippen LogP contribution in [0.2, 0.25) is 0 Å². The number of hydrogen-bond acceptors (Lipinski definition) is 8. The molecule has 2 saturated heterocycles. The maximum absolute atomic E-state index is 15.0. The van der Waals surface area contributed by atoms with Crippen molar-refractivity contribution in [1.29, 1.82) is 0 Å². The van der Waals surface area contributed by atoms with Gasteiger partial charge in [0.1, 0.15) is 42.0 Å². The minimum absolute atomic E-state index is 0.00165. The van der Waals surface area contributed by atoms with Crippen LogP contribution in [-0.2, 0) is 16.9 Å². The predicted molar refractivity (Wildman–Crippen MR) is 181 cm³/mol. The summed E-state index contributed by atoms with van der Waals surface area (Å²) in [5, 5.41) is 8.47. The Hall–Kier alpha value is -5.04. The van der Waals surface area contributed by atoms with Gasteiger partial charge in [0.15, 0.2) is 0 Å². The largest absolute Gasteiger partial charge is 0.493 e. The third-order valence-electron chi connectivity index (χ3n) is 9.68. The van der Waals surface area contributed by atoms with Crippen molar-refractivity contribution in [3.8, 4) is 11.4 Å². The number of aromatic nitrogens is 6. The number of hydrogen-bond donors (Lipinski definition) is 0. The Morgan fingerprint density at radius 2 is 1.59 bits per heavy atom. The van der Waals surface area contributed by atoms with Crippen molar-refractivity contribution in [3.05, 3.63) is 113 Å².